The van der Waals surface area contributed by atoms with E-state index in [2.05, 4.69) is 32.9 Å². The second kappa shape index (κ2) is 8.15. The van der Waals surface area contributed by atoms with Gasteiger partial charge in [-0.05, 0) is 112 Å². The van der Waals surface area contributed by atoms with Crippen LogP contribution in [0.1, 0.15) is 91.9 Å². The molecule has 0 saturated heterocycles. The average molecular weight is 401 g/mol. The Morgan fingerprint density at radius 2 is 1.97 bits per heavy atom. The molecule has 0 aromatic rings. The number of allylic oxidation sites excluding steroid dienone is 2. The van der Waals surface area contributed by atoms with E-state index in [1.807, 2.05) is 6.92 Å². The lowest BCUT2D eigenvalue weighted by Gasteiger charge is -2.58. The molecule has 3 saturated carbocycles. The summed E-state index contributed by atoms with van der Waals surface area (Å²) >= 11 is 0. The van der Waals surface area contributed by atoms with E-state index in [1.165, 1.54) is 44.9 Å². The van der Waals surface area contributed by atoms with Crippen LogP contribution in [-0.2, 0) is 0 Å². The highest BCUT2D eigenvalue weighted by Crippen LogP contribution is 2.67. The van der Waals surface area contributed by atoms with Crippen molar-refractivity contribution in [2.75, 3.05) is 6.61 Å². The molecule has 2 nitrogen and oxygen atoms in total. The quantitative estimate of drug-likeness (QED) is 0.533. The van der Waals surface area contributed by atoms with Crippen molar-refractivity contribution in [2.24, 2.45) is 40.4 Å². The zero-order chi connectivity index (χ0) is 20.8. The van der Waals surface area contributed by atoms with E-state index in [0.717, 1.165) is 54.4 Å². The van der Waals surface area contributed by atoms with Crippen molar-refractivity contribution in [2.45, 2.75) is 98.0 Å². The van der Waals surface area contributed by atoms with E-state index in [1.54, 1.807) is 5.57 Å². The van der Waals surface area contributed by atoms with Crippen molar-refractivity contribution in [3.05, 3.63) is 23.3 Å². The average Bonchev–Trinajstić information content (AvgIpc) is 3.05. The van der Waals surface area contributed by atoms with Gasteiger partial charge in [0, 0.05) is 0 Å². The van der Waals surface area contributed by atoms with Crippen molar-refractivity contribution in [1.82, 2.24) is 0 Å². The number of aliphatic hydroxyl groups excluding tert-OH is 2. The van der Waals surface area contributed by atoms with Gasteiger partial charge in [0.25, 0.3) is 0 Å². The monoisotopic (exact) mass is 400 g/mol. The number of hydrogen-bond acceptors (Lipinski definition) is 2. The van der Waals surface area contributed by atoms with Gasteiger partial charge in [-0.3, -0.25) is 0 Å². The molecule has 2 N–H and O–H groups in total. The third-order valence-corrected chi connectivity index (χ3v) is 10.2. The number of hydrogen-bond donors (Lipinski definition) is 2. The first kappa shape index (κ1) is 21.6. The molecule has 0 radical (unpaired) electrons. The van der Waals surface area contributed by atoms with E-state index < -0.39 is 0 Å². The molecular formula is C27H44O2. The van der Waals surface area contributed by atoms with Crippen LogP contribution in [0.3, 0.4) is 0 Å². The third kappa shape index (κ3) is 3.67. The highest BCUT2D eigenvalue weighted by Gasteiger charge is 2.59. The smallest absolute Gasteiger partial charge is 0.0639 e. The molecule has 0 aliphatic heterocycles. The summed E-state index contributed by atoms with van der Waals surface area (Å²) in [4.78, 5) is 0. The molecule has 3 fully saturated rings. The van der Waals surface area contributed by atoms with Crippen LogP contribution in [0.15, 0.2) is 23.3 Å². The molecule has 4 aliphatic carbocycles. The fraction of sp³-hybridized carbons (Fsp3) is 0.852. The molecule has 8 unspecified atom stereocenters. The summed E-state index contributed by atoms with van der Waals surface area (Å²) in [5, 5.41) is 19.5. The highest BCUT2D eigenvalue weighted by molar-refractivity contribution is 5.25. The van der Waals surface area contributed by atoms with Crippen LogP contribution < -0.4 is 0 Å². The van der Waals surface area contributed by atoms with Gasteiger partial charge in [-0.1, -0.05) is 44.1 Å². The van der Waals surface area contributed by atoms with Crippen LogP contribution in [0.5, 0.6) is 0 Å². The summed E-state index contributed by atoms with van der Waals surface area (Å²) in [7, 11) is 0. The Balaban J connectivity index is 1.48. The SMILES string of the molecule is C/C(=C\CCC(C)C1CCC2C3CC=C4CC(O)CCC4(C)C3CCC12C)CO. The van der Waals surface area contributed by atoms with Crippen molar-refractivity contribution < 1.29 is 10.2 Å². The number of aliphatic hydroxyl groups is 2. The van der Waals surface area contributed by atoms with E-state index in [-0.39, 0.29) is 12.7 Å². The van der Waals surface area contributed by atoms with Crippen LogP contribution in [-0.4, -0.2) is 22.9 Å². The van der Waals surface area contributed by atoms with Gasteiger partial charge >= 0.3 is 0 Å². The Kier molecular flexibility index (Phi) is 6.08. The van der Waals surface area contributed by atoms with E-state index in [4.69, 9.17) is 0 Å². The number of fused-ring (bicyclic) bond motifs is 5. The minimum Gasteiger partial charge on any atom is -0.393 e. The molecule has 0 bridgehead atoms. The van der Waals surface area contributed by atoms with E-state index >= 15 is 0 Å². The van der Waals surface area contributed by atoms with Crippen molar-refractivity contribution >= 4 is 0 Å². The highest BCUT2D eigenvalue weighted by atomic mass is 16.3. The molecule has 164 valence electrons. The van der Waals surface area contributed by atoms with Crippen LogP contribution in [0.2, 0.25) is 0 Å². The van der Waals surface area contributed by atoms with Gasteiger partial charge < -0.3 is 10.2 Å². The predicted molar refractivity (Wildman–Crippen MR) is 120 cm³/mol. The predicted octanol–water partition coefficient (Wildman–Crippen LogP) is 6.28. The zero-order valence-electron chi connectivity index (χ0n) is 19.3. The molecule has 0 amide bonds. The fourth-order valence-corrected chi connectivity index (χ4v) is 8.48. The molecule has 0 spiro atoms. The lowest BCUT2D eigenvalue weighted by atomic mass is 9.47. The Labute approximate surface area is 178 Å². The second-order valence-corrected chi connectivity index (χ2v) is 11.6. The minimum absolute atomic E-state index is 0.0973. The summed E-state index contributed by atoms with van der Waals surface area (Å²) in [6.07, 6.45) is 17.1. The molecule has 4 aliphatic rings. The van der Waals surface area contributed by atoms with E-state index in [9.17, 15) is 10.2 Å². The van der Waals surface area contributed by atoms with Gasteiger partial charge in [-0.15, -0.1) is 0 Å². The molecule has 0 aromatic carbocycles. The first-order valence-electron chi connectivity index (χ1n) is 12.4. The van der Waals surface area contributed by atoms with Gasteiger partial charge in [0.1, 0.15) is 0 Å². The van der Waals surface area contributed by atoms with Gasteiger partial charge in [0.15, 0.2) is 0 Å². The summed E-state index contributed by atoms with van der Waals surface area (Å²) in [6, 6.07) is 0. The first-order chi connectivity index (χ1) is 13.8. The first-order valence-corrected chi connectivity index (χ1v) is 12.4. The molecule has 0 heterocycles. The Bertz CT molecular complexity index is 663. The van der Waals surface area contributed by atoms with Crippen molar-refractivity contribution in [3.63, 3.8) is 0 Å². The number of rotatable bonds is 5. The summed E-state index contributed by atoms with van der Waals surface area (Å²) < 4.78 is 0. The maximum absolute atomic E-state index is 10.2. The van der Waals surface area contributed by atoms with Gasteiger partial charge in [0.05, 0.1) is 12.7 Å². The van der Waals surface area contributed by atoms with Crippen LogP contribution >= 0.6 is 0 Å². The maximum atomic E-state index is 10.2. The molecule has 2 heteroatoms. The molecule has 4 rings (SSSR count). The zero-order valence-corrected chi connectivity index (χ0v) is 19.3. The minimum atomic E-state index is -0.0973. The Morgan fingerprint density at radius 1 is 1.17 bits per heavy atom. The Hall–Kier alpha value is -0.600. The van der Waals surface area contributed by atoms with Gasteiger partial charge in [0.2, 0.25) is 0 Å². The van der Waals surface area contributed by atoms with Crippen LogP contribution in [0, 0.1) is 40.4 Å². The third-order valence-electron chi connectivity index (χ3n) is 10.2. The summed E-state index contributed by atoms with van der Waals surface area (Å²) in [5.41, 5.74) is 3.59. The van der Waals surface area contributed by atoms with Gasteiger partial charge in [-0.25, -0.2) is 0 Å². The summed E-state index contributed by atoms with van der Waals surface area (Å²) in [6.45, 7) is 9.91. The lowest BCUT2D eigenvalue weighted by Crippen LogP contribution is -2.50. The molecular weight excluding hydrogens is 356 g/mol. The van der Waals surface area contributed by atoms with Crippen LogP contribution in [0.4, 0.5) is 0 Å². The van der Waals surface area contributed by atoms with Crippen molar-refractivity contribution in [1.29, 1.82) is 0 Å². The second-order valence-electron chi connectivity index (χ2n) is 11.6. The fourth-order valence-electron chi connectivity index (χ4n) is 8.48. The van der Waals surface area contributed by atoms with Crippen molar-refractivity contribution in [3.8, 4) is 0 Å². The standard InChI is InChI=1S/C27H44O2/c1-18(17-28)6-5-7-19(2)23-10-11-24-22-9-8-20-16-21(29)12-14-26(20,3)25(22)13-15-27(23,24)4/h6,8,19,21-25,28-29H,5,7,9-17H2,1-4H3/b18-6+. The van der Waals surface area contributed by atoms with E-state index in [0.29, 0.717) is 10.8 Å². The lowest BCUT2D eigenvalue weighted by molar-refractivity contribution is -0.0571. The largest absolute Gasteiger partial charge is 0.393 e. The molecule has 0 aromatic heterocycles. The topological polar surface area (TPSA) is 40.5 Å². The molecule has 8 atom stereocenters. The van der Waals surface area contributed by atoms with Gasteiger partial charge in [-0.2, -0.15) is 0 Å². The maximum Gasteiger partial charge on any atom is 0.0639 e. The van der Waals surface area contributed by atoms with Crippen LogP contribution in [0.25, 0.3) is 0 Å². The Morgan fingerprint density at radius 3 is 2.72 bits per heavy atom. The normalized spacial score (nSPS) is 45.8. The molecule has 29 heavy (non-hydrogen) atoms. The summed E-state index contributed by atoms with van der Waals surface area (Å²) in [5.74, 6) is 4.25.